The van der Waals surface area contributed by atoms with Gasteiger partial charge >= 0.3 is 0 Å². The highest BCUT2D eigenvalue weighted by Crippen LogP contribution is 3.52. The number of hydrogen-bond donors (Lipinski definition) is 0. The van der Waals surface area contributed by atoms with E-state index >= 15 is 0 Å². The Kier molecular flexibility index (Phi) is 89.4. The smallest absolute Gasteiger partial charge is 0.00000482 e. The van der Waals surface area contributed by atoms with Crippen molar-refractivity contribution >= 4 is 639 Å². The van der Waals surface area contributed by atoms with Crippen LogP contribution in [0.2, 0.25) is 0 Å². The van der Waals surface area contributed by atoms with Crippen molar-refractivity contribution in [1.29, 1.82) is 0 Å². The first-order valence-electron chi connectivity index (χ1n) is 18.1. The molecule has 0 nitrogen and oxygen atoms in total. The van der Waals surface area contributed by atoms with Crippen molar-refractivity contribution < 1.29 is 0 Å². The summed E-state index contributed by atoms with van der Waals surface area (Å²) in [5.41, 5.74) is 0. The summed E-state index contributed by atoms with van der Waals surface area (Å²) in [5, 5.41) is 0. The van der Waals surface area contributed by atoms with Crippen molar-refractivity contribution in [2.45, 2.75) is 0 Å². The topological polar surface area (TPSA) is 0 Å². The molecule has 0 aliphatic heterocycles. The summed E-state index contributed by atoms with van der Waals surface area (Å²) in [4.78, 5) is 0. The van der Waals surface area contributed by atoms with E-state index < -0.39 is 48.9 Å². The van der Waals surface area contributed by atoms with Gasteiger partial charge in [-0.3, -0.25) is 0 Å². The molecule has 0 aliphatic carbocycles. The van der Waals surface area contributed by atoms with Gasteiger partial charge in [-0.05, 0) is 273 Å². The third kappa shape index (κ3) is 40.1. The first-order valence-corrected chi connectivity index (χ1v) is 163. The summed E-state index contributed by atoms with van der Waals surface area (Å²) >= 11 is 0. The van der Waals surface area contributed by atoms with Crippen molar-refractivity contribution in [3.8, 4) is 0 Å². The summed E-state index contributed by atoms with van der Waals surface area (Å²) in [6, 6.07) is 0. The van der Waals surface area contributed by atoms with E-state index in [-0.39, 0.29) is 224 Å². The quantitative estimate of drug-likeness (QED) is 0.0541. The lowest BCUT2D eigenvalue weighted by Crippen LogP contribution is -1.75. The van der Waals surface area contributed by atoms with Crippen molar-refractivity contribution in [1.82, 2.24) is 0 Å². The second-order valence-corrected chi connectivity index (χ2v) is 342. The van der Waals surface area contributed by atoms with Crippen LogP contribution in [0.15, 0.2) is 0 Å². The van der Waals surface area contributed by atoms with Crippen LogP contribution in [-0.4, -0.2) is 0 Å². The Morgan fingerprint density at radius 1 is 0.113 bits per heavy atom. The monoisotopic (exact) mass is 2560 g/mol. The van der Waals surface area contributed by atoms with Gasteiger partial charge in [-0.25, -0.2) is 0 Å². The van der Waals surface area contributed by atoms with Crippen LogP contribution in [0.1, 0.15) is 0 Å². The Morgan fingerprint density at radius 2 is 0.188 bits per heavy atom. The largest absolute Gasteiger partial charge is 0.102 e. The molecule has 0 N–H and O–H groups in total. The van der Waals surface area contributed by atoms with E-state index in [1.165, 1.54) is 0 Å². The summed E-state index contributed by atoms with van der Waals surface area (Å²) in [6.07, 6.45) is 0. The third-order valence-electron chi connectivity index (χ3n) is 7.03. The molecule has 0 aromatic carbocycles. The van der Waals surface area contributed by atoms with Crippen molar-refractivity contribution in [2.24, 2.45) is 0 Å². The van der Waals surface area contributed by atoms with Crippen molar-refractivity contribution in [2.75, 3.05) is 0 Å². The average Bonchev–Trinajstić information content (AvgIpc) is 3.23. The van der Waals surface area contributed by atoms with Crippen molar-refractivity contribution in [3.05, 3.63) is 0 Å². The average molecular weight is 2560 g/mol. The molecule has 80 heteroatoms. The van der Waals surface area contributed by atoms with Crippen LogP contribution < -0.4 is 0 Å². The second-order valence-electron chi connectivity index (χ2n) is 12.7. The van der Waals surface area contributed by atoms with Crippen LogP contribution in [0, 0.1) is 0 Å². The lowest BCUT2D eigenvalue weighted by molar-refractivity contribution is 4.31. The summed E-state index contributed by atoms with van der Waals surface area (Å²) in [5.74, 6) is 0. The molecule has 0 aliphatic rings. The van der Waals surface area contributed by atoms with Gasteiger partial charge in [0.1, 0.15) is 0 Å². The molecule has 2 radical (unpaired) electrons. The summed E-state index contributed by atoms with van der Waals surface area (Å²) in [6.45, 7) is -14.5. The predicted molar refractivity (Wildman–Crippen MR) is 665 cm³/mol. The lowest BCUT2D eigenvalue weighted by Gasteiger charge is -2.62. The van der Waals surface area contributed by atoms with E-state index in [9.17, 15) is 0 Å². The van der Waals surface area contributed by atoms with Gasteiger partial charge < -0.3 is 0 Å². The van der Waals surface area contributed by atoms with E-state index in [0.29, 0.717) is 0 Å². The van der Waals surface area contributed by atoms with E-state index in [2.05, 4.69) is 366 Å². The molecule has 0 amide bonds. The molecular weight excluding hydrogens is 2480 g/mol. The molecule has 80 heavy (non-hydrogen) atoms. The normalized spacial score (nSPS) is 15.7. The van der Waals surface area contributed by atoms with Gasteiger partial charge in [-0.1, -0.05) is 17.9 Å². The van der Waals surface area contributed by atoms with Crippen LogP contribution in [0.25, 0.3) is 0 Å². The maximum absolute atomic E-state index is 4.61. The van der Waals surface area contributed by atoms with E-state index in [1.807, 2.05) is 0 Å². The zero-order valence-corrected chi connectivity index (χ0v) is 123. The molecule has 0 aromatic heterocycles. The second kappa shape index (κ2) is 62.5. The zero-order chi connectivity index (χ0) is 63.5. The lowest BCUT2D eigenvalue weighted by atomic mass is 28.4. The Hall–Kier alpha value is 34.4. The van der Waals surface area contributed by atoms with Gasteiger partial charge in [0.15, 0.2) is 0 Å². The molecular formula is H80P80. The molecule has 42 atom stereocenters. The minimum Gasteiger partial charge on any atom is -0.102 e. The number of rotatable bonds is 38. The SMILES string of the molecule is [PH]P([PH])P(P)P(P(P)P)P(P(P(P)P)P(P)P)P(P(P(P(P(P)P)P(P)P)P(P(P)P)P(P)P)P(P(P(P)P)P(P)P)P(P(P)P)P(P)P)P(P(P(P(P)P)P(P)P)P(P(P)P)P(P)P)P(P(P(P)P)P(P)P)P(P(P)P)P(P)P. The Balaban J connectivity index is 12.7. The molecule has 0 spiro atoms. The van der Waals surface area contributed by atoms with Gasteiger partial charge in [-0.15, -0.1) is 348 Å². The van der Waals surface area contributed by atoms with Crippen LogP contribution >= 0.6 is 639 Å². The molecule has 0 rings (SSSR count). The molecule has 0 saturated carbocycles. The highest BCUT2D eigenvalue weighted by molar-refractivity contribution is 9.58. The zero-order valence-electron chi connectivity index (χ0n) is 41.0. The minimum absolute atomic E-state index is 0.321. The Morgan fingerprint density at radius 3 is 0.263 bits per heavy atom. The van der Waals surface area contributed by atoms with E-state index in [1.54, 1.807) is 0 Å². The maximum atomic E-state index is 4.61. The fourth-order valence-electron chi connectivity index (χ4n) is 4.81. The van der Waals surface area contributed by atoms with Gasteiger partial charge in [-0.2, -0.15) is 0 Å². The standard InChI is InChI=1S/H80P80/c1-42(2)62(41)72(61(39)40)77(71(59(35)36)60(37)38)80(78(73(63(43(3)4)44(5)6)64(45(7)8)46(9)10)74(65(47(11)12)48(13)14)66(49(15)16)50(17)18)79(75(67(51(19)20)52(21)22)68(53(23)24)54(25)26)76(69(55(27)28)56(29)30)70(57(31)32)58(33)34/h1-2H,3-41H2. The third-order valence-corrected chi connectivity index (χ3v) is 570. The predicted octanol–water partition coefficient (Wildman–Crippen LogP) is 47.5. The minimum atomic E-state index is -0.524. The highest BCUT2D eigenvalue weighted by Gasteiger charge is 2.65. The van der Waals surface area contributed by atoms with Crippen LogP contribution in [-0.2, 0) is 0 Å². The Bertz CT molecular complexity index is 1240. The van der Waals surface area contributed by atoms with Crippen molar-refractivity contribution in [3.63, 3.8) is 0 Å². The Labute approximate surface area is 628 Å². The molecule has 480 valence electrons. The van der Waals surface area contributed by atoms with Gasteiger partial charge in [0, 0.05) is 0 Å². The molecule has 0 heterocycles. The van der Waals surface area contributed by atoms with Crippen LogP contribution in [0.3, 0.4) is 0 Å². The number of hydrogen-bond acceptors (Lipinski definition) is 0. The fourth-order valence-corrected chi connectivity index (χ4v) is 1170. The molecule has 42 unspecified atom stereocenters. The summed E-state index contributed by atoms with van der Waals surface area (Å²) < 4.78 is 0. The van der Waals surface area contributed by atoms with Crippen LogP contribution in [0.5, 0.6) is 0 Å². The molecule has 0 bridgehead atoms. The molecule has 0 aromatic rings. The molecule has 0 fully saturated rings. The first-order chi connectivity index (χ1) is 36.3. The van der Waals surface area contributed by atoms with Crippen LogP contribution in [0.4, 0.5) is 0 Å². The van der Waals surface area contributed by atoms with E-state index in [4.69, 9.17) is 0 Å². The highest BCUT2D eigenvalue weighted by atomic mass is 33.6. The fraction of sp³-hybridized carbons (Fsp3) is 0. The molecule has 0 saturated heterocycles. The first kappa shape index (κ1) is 114. The van der Waals surface area contributed by atoms with E-state index in [0.717, 1.165) is 0 Å². The van der Waals surface area contributed by atoms with Gasteiger partial charge in [0.05, 0.1) is 0 Å². The summed E-state index contributed by atoms with van der Waals surface area (Å²) in [7, 11) is 153. The maximum Gasteiger partial charge on any atom is -0.00000482 e. The van der Waals surface area contributed by atoms with Gasteiger partial charge in [0.25, 0.3) is 0 Å². The van der Waals surface area contributed by atoms with Gasteiger partial charge in [0.2, 0.25) is 0 Å².